The fourth-order valence-corrected chi connectivity index (χ4v) is 2.80. The van der Waals surface area contributed by atoms with Gasteiger partial charge in [-0.05, 0) is 61.3 Å². The maximum absolute atomic E-state index is 10.8. The highest BCUT2D eigenvalue weighted by Crippen LogP contribution is 2.16. The molecule has 4 heteroatoms. The number of benzene rings is 2. The van der Waals surface area contributed by atoms with Crippen LogP contribution in [0.4, 0.5) is 0 Å². The van der Waals surface area contributed by atoms with E-state index in [0.717, 1.165) is 12.1 Å². The van der Waals surface area contributed by atoms with Crippen molar-refractivity contribution < 1.29 is 14.6 Å². The second-order valence-electron chi connectivity index (χ2n) is 5.92. The Balaban J connectivity index is 1.52. The average molecular weight is 311 g/mol. The standard InChI is InChI=1S/C19H21NO3/c21-19(22)17-7-9-18(10-8-17)23-14-16-5-3-15(4-6-16)13-20-11-1-2-12-20/h3-10H,1-2,11-14H2,(H,21,22). The molecule has 3 rings (SSSR count). The van der Waals surface area contributed by atoms with Crippen LogP contribution in [-0.2, 0) is 13.2 Å². The lowest BCUT2D eigenvalue weighted by Gasteiger charge is -2.14. The smallest absolute Gasteiger partial charge is 0.335 e. The zero-order valence-corrected chi connectivity index (χ0v) is 13.1. The molecule has 2 aromatic carbocycles. The summed E-state index contributed by atoms with van der Waals surface area (Å²) in [6.07, 6.45) is 2.62. The van der Waals surface area contributed by atoms with E-state index in [4.69, 9.17) is 9.84 Å². The largest absolute Gasteiger partial charge is 0.489 e. The van der Waals surface area contributed by atoms with Crippen molar-refractivity contribution in [2.75, 3.05) is 13.1 Å². The lowest BCUT2D eigenvalue weighted by atomic mass is 10.1. The maximum Gasteiger partial charge on any atom is 0.335 e. The van der Waals surface area contributed by atoms with Gasteiger partial charge < -0.3 is 9.84 Å². The van der Waals surface area contributed by atoms with Gasteiger partial charge in [0.05, 0.1) is 5.56 Å². The summed E-state index contributed by atoms with van der Waals surface area (Å²) < 4.78 is 5.70. The topological polar surface area (TPSA) is 49.8 Å². The molecule has 1 fully saturated rings. The van der Waals surface area contributed by atoms with Crippen LogP contribution in [-0.4, -0.2) is 29.1 Å². The molecule has 0 bridgehead atoms. The molecule has 1 aliphatic rings. The summed E-state index contributed by atoms with van der Waals surface area (Å²) in [4.78, 5) is 13.3. The Morgan fingerprint density at radius 1 is 0.957 bits per heavy atom. The van der Waals surface area contributed by atoms with Gasteiger partial charge in [-0.3, -0.25) is 4.90 Å². The minimum atomic E-state index is -0.926. The number of aromatic carboxylic acids is 1. The van der Waals surface area contributed by atoms with Gasteiger partial charge >= 0.3 is 5.97 Å². The quantitative estimate of drug-likeness (QED) is 0.886. The van der Waals surface area contributed by atoms with Gasteiger partial charge in [0.1, 0.15) is 12.4 Å². The molecule has 4 nitrogen and oxygen atoms in total. The van der Waals surface area contributed by atoms with Gasteiger partial charge in [-0.15, -0.1) is 0 Å². The monoisotopic (exact) mass is 311 g/mol. The fourth-order valence-electron chi connectivity index (χ4n) is 2.80. The van der Waals surface area contributed by atoms with Crippen molar-refractivity contribution in [3.8, 4) is 5.75 Å². The van der Waals surface area contributed by atoms with Crippen LogP contribution in [0.25, 0.3) is 0 Å². The third-order valence-electron chi connectivity index (χ3n) is 4.13. The third-order valence-corrected chi connectivity index (χ3v) is 4.13. The number of ether oxygens (including phenoxy) is 1. The van der Waals surface area contributed by atoms with Gasteiger partial charge in [0.15, 0.2) is 0 Å². The molecule has 0 radical (unpaired) electrons. The molecule has 1 heterocycles. The van der Waals surface area contributed by atoms with Crippen LogP contribution < -0.4 is 4.74 Å². The number of nitrogens with zero attached hydrogens (tertiary/aromatic N) is 1. The molecule has 0 atom stereocenters. The molecule has 23 heavy (non-hydrogen) atoms. The van der Waals surface area contributed by atoms with Crippen molar-refractivity contribution >= 4 is 5.97 Å². The third kappa shape index (κ3) is 4.33. The van der Waals surface area contributed by atoms with Crippen molar-refractivity contribution in [3.05, 3.63) is 65.2 Å². The lowest BCUT2D eigenvalue weighted by molar-refractivity contribution is 0.0697. The number of carboxylic acid groups (broad SMARTS) is 1. The molecule has 0 spiro atoms. The van der Waals surface area contributed by atoms with Crippen molar-refractivity contribution in [1.29, 1.82) is 0 Å². The molecule has 1 aliphatic heterocycles. The lowest BCUT2D eigenvalue weighted by Crippen LogP contribution is -2.18. The van der Waals surface area contributed by atoms with Crippen LogP contribution in [0.5, 0.6) is 5.75 Å². The van der Waals surface area contributed by atoms with Gasteiger partial charge in [0, 0.05) is 6.54 Å². The van der Waals surface area contributed by atoms with E-state index in [-0.39, 0.29) is 5.56 Å². The second-order valence-corrected chi connectivity index (χ2v) is 5.92. The number of hydrogen-bond acceptors (Lipinski definition) is 3. The van der Waals surface area contributed by atoms with Gasteiger partial charge in [-0.1, -0.05) is 24.3 Å². The van der Waals surface area contributed by atoms with E-state index in [0.29, 0.717) is 12.4 Å². The first kappa shape index (κ1) is 15.6. The number of carboxylic acids is 1. The highest BCUT2D eigenvalue weighted by molar-refractivity contribution is 5.87. The van der Waals surface area contributed by atoms with Gasteiger partial charge in [-0.2, -0.15) is 0 Å². The summed E-state index contributed by atoms with van der Waals surface area (Å²) in [5, 5.41) is 8.87. The average Bonchev–Trinajstić information content (AvgIpc) is 3.07. The predicted molar refractivity (Wildman–Crippen MR) is 88.7 cm³/mol. The summed E-state index contributed by atoms with van der Waals surface area (Å²) >= 11 is 0. The molecule has 1 saturated heterocycles. The summed E-state index contributed by atoms with van der Waals surface area (Å²) in [5.74, 6) is -0.249. The van der Waals surface area contributed by atoms with E-state index in [1.165, 1.54) is 31.5 Å². The fraction of sp³-hybridized carbons (Fsp3) is 0.316. The summed E-state index contributed by atoms with van der Waals surface area (Å²) in [6.45, 7) is 3.92. The van der Waals surface area contributed by atoms with Gasteiger partial charge in [0.25, 0.3) is 0 Å². The van der Waals surface area contributed by atoms with Crippen molar-refractivity contribution in [2.24, 2.45) is 0 Å². The van der Waals surface area contributed by atoms with E-state index in [1.54, 1.807) is 24.3 Å². The van der Waals surface area contributed by atoms with Crippen molar-refractivity contribution in [3.63, 3.8) is 0 Å². The molecule has 0 saturated carbocycles. The predicted octanol–water partition coefficient (Wildman–Crippen LogP) is 3.56. The number of hydrogen-bond donors (Lipinski definition) is 1. The molecule has 120 valence electrons. The Hall–Kier alpha value is -2.33. The zero-order valence-electron chi connectivity index (χ0n) is 13.1. The van der Waals surface area contributed by atoms with Crippen molar-refractivity contribution in [2.45, 2.75) is 26.0 Å². The van der Waals surface area contributed by atoms with E-state index in [9.17, 15) is 4.79 Å². The molecule has 0 aromatic heterocycles. The minimum absolute atomic E-state index is 0.267. The number of rotatable bonds is 6. The van der Waals surface area contributed by atoms with Crippen LogP contribution in [0.2, 0.25) is 0 Å². The van der Waals surface area contributed by atoms with Crippen LogP contribution in [0.1, 0.15) is 34.3 Å². The Morgan fingerprint density at radius 3 is 2.17 bits per heavy atom. The van der Waals surface area contributed by atoms with E-state index < -0.39 is 5.97 Å². The summed E-state index contributed by atoms with van der Waals surface area (Å²) in [7, 11) is 0. The Labute approximate surface area is 136 Å². The molecular weight excluding hydrogens is 290 g/mol. The minimum Gasteiger partial charge on any atom is -0.489 e. The molecular formula is C19H21NO3. The first-order valence-corrected chi connectivity index (χ1v) is 7.97. The first-order valence-electron chi connectivity index (χ1n) is 7.97. The second kappa shape index (κ2) is 7.29. The number of likely N-dealkylation sites (tertiary alicyclic amines) is 1. The van der Waals surface area contributed by atoms with Crippen LogP contribution in [0, 0.1) is 0 Å². The summed E-state index contributed by atoms with van der Waals surface area (Å²) in [6, 6.07) is 15.0. The van der Waals surface area contributed by atoms with Gasteiger partial charge in [-0.25, -0.2) is 4.79 Å². The van der Waals surface area contributed by atoms with E-state index in [2.05, 4.69) is 29.2 Å². The highest BCUT2D eigenvalue weighted by Gasteiger charge is 2.11. The van der Waals surface area contributed by atoms with Crippen molar-refractivity contribution in [1.82, 2.24) is 4.90 Å². The Morgan fingerprint density at radius 2 is 1.57 bits per heavy atom. The van der Waals surface area contributed by atoms with E-state index >= 15 is 0 Å². The van der Waals surface area contributed by atoms with Gasteiger partial charge in [0.2, 0.25) is 0 Å². The molecule has 2 aromatic rings. The first-order chi connectivity index (χ1) is 11.2. The highest BCUT2D eigenvalue weighted by atomic mass is 16.5. The van der Waals surface area contributed by atoms with Crippen LogP contribution in [0.15, 0.2) is 48.5 Å². The molecule has 0 amide bonds. The van der Waals surface area contributed by atoms with E-state index in [1.807, 2.05) is 0 Å². The molecule has 1 N–H and O–H groups in total. The maximum atomic E-state index is 10.8. The molecule has 0 aliphatic carbocycles. The Bertz CT molecular complexity index is 643. The Kier molecular flexibility index (Phi) is 4.93. The van der Waals surface area contributed by atoms with Crippen LogP contribution >= 0.6 is 0 Å². The SMILES string of the molecule is O=C(O)c1ccc(OCc2ccc(CN3CCCC3)cc2)cc1. The normalized spacial score (nSPS) is 14.8. The number of carbonyl (C=O) groups is 1. The zero-order chi connectivity index (χ0) is 16.1. The van der Waals surface area contributed by atoms with Crippen LogP contribution in [0.3, 0.4) is 0 Å². The summed E-state index contributed by atoms with van der Waals surface area (Å²) in [5.41, 5.74) is 2.71. The molecule has 0 unspecified atom stereocenters.